The minimum atomic E-state index is -0.275. The molecule has 0 spiro atoms. The Labute approximate surface area is 143 Å². The number of carbonyl (C=O) groups excluding carboxylic acids is 1. The van der Waals surface area contributed by atoms with E-state index in [-0.39, 0.29) is 17.2 Å². The van der Waals surface area contributed by atoms with Crippen molar-refractivity contribution in [3.63, 3.8) is 0 Å². The van der Waals surface area contributed by atoms with Crippen LogP contribution in [0.15, 0.2) is 46.7 Å². The van der Waals surface area contributed by atoms with Gasteiger partial charge in [0.05, 0.1) is 16.9 Å². The van der Waals surface area contributed by atoms with Crippen molar-refractivity contribution in [2.75, 3.05) is 6.54 Å². The molecule has 0 unspecified atom stereocenters. The highest BCUT2D eigenvalue weighted by Gasteiger charge is 2.11. The molecule has 0 saturated heterocycles. The van der Waals surface area contributed by atoms with Gasteiger partial charge in [-0.2, -0.15) is 0 Å². The van der Waals surface area contributed by atoms with Gasteiger partial charge in [-0.15, -0.1) is 11.3 Å². The second kappa shape index (κ2) is 7.27. The number of carbonyl (C=O) groups is 1. The first-order chi connectivity index (χ1) is 11.6. The van der Waals surface area contributed by atoms with Crippen LogP contribution in [0.4, 0.5) is 0 Å². The van der Waals surface area contributed by atoms with Crippen molar-refractivity contribution in [3.8, 4) is 5.69 Å². The van der Waals surface area contributed by atoms with Gasteiger partial charge in [-0.3, -0.25) is 14.7 Å². The zero-order valence-electron chi connectivity index (χ0n) is 13.3. The summed E-state index contributed by atoms with van der Waals surface area (Å²) < 4.78 is 1.36. The SMILES string of the molecule is Cc1ncsc1CCCNC(=O)c1cc(=O)n(-c2ccccc2)[nH]1. The fraction of sp³-hybridized carbons (Fsp3) is 0.235. The fourth-order valence-electron chi connectivity index (χ4n) is 2.39. The normalized spacial score (nSPS) is 10.7. The van der Waals surface area contributed by atoms with Crippen molar-refractivity contribution in [1.29, 1.82) is 0 Å². The van der Waals surface area contributed by atoms with Crippen LogP contribution in [0.3, 0.4) is 0 Å². The zero-order valence-corrected chi connectivity index (χ0v) is 14.1. The van der Waals surface area contributed by atoms with Crippen LogP contribution in [0.25, 0.3) is 5.69 Å². The molecule has 1 amide bonds. The molecule has 0 saturated carbocycles. The summed E-state index contributed by atoms with van der Waals surface area (Å²) in [5.41, 5.74) is 3.59. The number of aryl methyl sites for hydroxylation is 2. The lowest BCUT2D eigenvalue weighted by molar-refractivity contribution is 0.0948. The van der Waals surface area contributed by atoms with Gasteiger partial charge in [0.25, 0.3) is 11.5 Å². The van der Waals surface area contributed by atoms with Crippen molar-refractivity contribution in [1.82, 2.24) is 20.1 Å². The molecule has 2 aromatic heterocycles. The molecule has 0 aliphatic rings. The second-order valence-electron chi connectivity index (χ2n) is 5.40. The zero-order chi connectivity index (χ0) is 16.9. The fourth-order valence-corrected chi connectivity index (χ4v) is 3.22. The van der Waals surface area contributed by atoms with Crippen molar-refractivity contribution in [2.24, 2.45) is 0 Å². The van der Waals surface area contributed by atoms with Gasteiger partial charge in [0.1, 0.15) is 5.69 Å². The summed E-state index contributed by atoms with van der Waals surface area (Å²) in [6.07, 6.45) is 1.72. The summed E-state index contributed by atoms with van der Waals surface area (Å²) in [5.74, 6) is -0.275. The number of aromatic nitrogens is 3. The first-order valence-electron chi connectivity index (χ1n) is 7.70. The Bertz CT molecular complexity index is 879. The highest BCUT2D eigenvalue weighted by Crippen LogP contribution is 2.13. The van der Waals surface area contributed by atoms with Crippen molar-refractivity contribution < 1.29 is 4.79 Å². The largest absolute Gasteiger partial charge is 0.351 e. The Hall–Kier alpha value is -2.67. The minimum Gasteiger partial charge on any atom is -0.351 e. The van der Waals surface area contributed by atoms with Gasteiger partial charge in [-0.05, 0) is 31.9 Å². The van der Waals surface area contributed by atoms with E-state index in [1.54, 1.807) is 23.5 Å². The molecule has 0 bridgehead atoms. The molecular formula is C17H18N4O2S. The van der Waals surface area contributed by atoms with Crippen molar-refractivity contribution >= 4 is 17.2 Å². The van der Waals surface area contributed by atoms with Gasteiger partial charge in [-0.1, -0.05) is 18.2 Å². The predicted molar refractivity (Wildman–Crippen MR) is 93.9 cm³/mol. The maximum atomic E-state index is 12.2. The Morgan fingerprint density at radius 1 is 1.33 bits per heavy atom. The minimum absolute atomic E-state index is 0.258. The summed E-state index contributed by atoms with van der Waals surface area (Å²) in [5, 5.41) is 5.68. The summed E-state index contributed by atoms with van der Waals surface area (Å²) in [6, 6.07) is 10.5. The van der Waals surface area contributed by atoms with Crippen LogP contribution in [0.5, 0.6) is 0 Å². The number of amides is 1. The lowest BCUT2D eigenvalue weighted by Gasteiger charge is -2.04. The van der Waals surface area contributed by atoms with Crippen LogP contribution < -0.4 is 10.9 Å². The Balaban J connectivity index is 1.58. The number of nitrogens with zero attached hydrogens (tertiary/aromatic N) is 2. The molecular weight excluding hydrogens is 324 g/mol. The van der Waals surface area contributed by atoms with Gasteiger partial charge in [0.2, 0.25) is 0 Å². The molecule has 3 rings (SSSR count). The van der Waals surface area contributed by atoms with E-state index in [1.165, 1.54) is 15.6 Å². The number of benzene rings is 1. The molecule has 2 N–H and O–H groups in total. The van der Waals surface area contributed by atoms with Gasteiger partial charge in [0.15, 0.2) is 0 Å². The first kappa shape index (κ1) is 16.2. The number of hydrogen-bond acceptors (Lipinski definition) is 4. The molecule has 0 radical (unpaired) electrons. The number of aromatic amines is 1. The van der Waals surface area contributed by atoms with E-state index in [9.17, 15) is 9.59 Å². The Morgan fingerprint density at radius 3 is 2.83 bits per heavy atom. The van der Waals surface area contributed by atoms with E-state index < -0.39 is 0 Å². The lowest BCUT2D eigenvalue weighted by Crippen LogP contribution is -2.25. The molecule has 1 aromatic carbocycles. The van der Waals surface area contributed by atoms with E-state index in [0.717, 1.165) is 18.5 Å². The van der Waals surface area contributed by atoms with Crippen LogP contribution in [-0.2, 0) is 6.42 Å². The van der Waals surface area contributed by atoms with Gasteiger partial charge in [0, 0.05) is 17.5 Å². The van der Waals surface area contributed by atoms with Gasteiger partial charge < -0.3 is 5.32 Å². The summed E-state index contributed by atoms with van der Waals surface area (Å²) >= 11 is 1.63. The first-order valence-corrected chi connectivity index (χ1v) is 8.58. The molecule has 2 heterocycles. The molecule has 6 nitrogen and oxygen atoms in total. The van der Waals surface area contributed by atoms with Crippen LogP contribution in [0.1, 0.15) is 27.5 Å². The van der Waals surface area contributed by atoms with Crippen LogP contribution in [0, 0.1) is 6.92 Å². The van der Waals surface area contributed by atoms with Crippen LogP contribution in [0.2, 0.25) is 0 Å². The number of H-pyrrole nitrogens is 1. The van der Waals surface area contributed by atoms with E-state index in [1.807, 2.05) is 30.6 Å². The molecule has 0 atom stereocenters. The number of hydrogen-bond donors (Lipinski definition) is 2. The van der Waals surface area contributed by atoms with Crippen molar-refractivity contribution in [3.05, 3.63) is 68.5 Å². The third-order valence-electron chi connectivity index (χ3n) is 3.69. The van der Waals surface area contributed by atoms with Gasteiger partial charge >= 0.3 is 0 Å². The maximum absolute atomic E-state index is 12.2. The van der Waals surface area contributed by atoms with Crippen LogP contribution in [-0.4, -0.2) is 27.2 Å². The summed E-state index contributed by atoms with van der Waals surface area (Å²) in [7, 11) is 0. The van der Waals surface area contributed by atoms with E-state index in [0.29, 0.717) is 12.2 Å². The smallest absolute Gasteiger partial charge is 0.271 e. The van der Waals surface area contributed by atoms with Gasteiger partial charge in [-0.25, -0.2) is 9.67 Å². The highest BCUT2D eigenvalue weighted by molar-refractivity contribution is 7.09. The average molecular weight is 342 g/mol. The number of para-hydroxylation sites is 1. The number of thiazole rings is 1. The monoisotopic (exact) mass is 342 g/mol. The third kappa shape index (κ3) is 3.62. The van der Waals surface area contributed by atoms with E-state index in [2.05, 4.69) is 15.4 Å². The predicted octanol–water partition coefficient (Wildman–Crippen LogP) is 2.29. The van der Waals surface area contributed by atoms with E-state index >= 15 is 0 Å². The molecule has 24 heavy (non-hydrogen) atoms. The molecule has 0 aliphatic heterocycles. The molecule has 3 aromatic rings. The third-order valence-corrected chi connectivity index (χ3v) is 4.69. The topological polar surface area (TPSA) is 79.8 Å². The molecule has 0 aliphatic carbocycles. The lowest BCUT2D eigenvalue weighted by atomic mass is 10.2. The number of nitrogens with one attached hydrogen (secondary N) is 2. The summed E-state index contributed by atoms with van der Waals surface area (Å²) in [6.45, 7) is 2.54. The quantitative estimate of drug-likeness (QED) is 0.675. The van der Waals surface area contributed by atoms with Crippen LogP contribution >= 0.6 is 11.3 Å². The maximum Gasteiger partial charge on any atom is 0.271 e. The molecule has 7 heteroatoms. The second-order valence-corrected chi connectivity index (χ2v) is 6.34. The molecule has 0 fully saturated rings. The molecule has 124 valence electrons. The number of rotatable bonds is 6. The van der Waals surface area contributed by atoms with E-state index in [4.69, 9.17) is 0 Å². The highest BCUT2D eigenvalue weighted by atomic mass is 32.1. The average Bonchev–Trinajstić information content (AvgIpc) is 3.18. The Kier molecular flexibility index (Phi) is 4.90. The van der Waals surface area contributed by atoms with Crippen molar-refractivity contribution in [2.45, 2.75) is 19.8 Å². The summed E-state index contributed by atoms with van der Waals surface area (Å²) in [4.78, 5) is 29.6. The standard InChI is InChI=1S/C17H18N4O2S/c1-12-15(24-11-19-12)8-5-9-18-17(23)14-10-16(22)21(20-14)13-6-3-2-4-7-13/h2-4,6-7,10-11,20H,5,8-9H2,1H3,(H,18,23). The Morgan fingerprint density at radius 2 is 2.12 bits per heavy atom.